The van der Waals surface area contributed by atoms with E-state index in [4.69, 9.17) is 5.26 Å². The molecular weight excluding hydrogens is 236 g/mol. The molecule has 0 radical (unpaired) electrons. The number of nitrogens with one attached hydrogen (secondary N) is 1. The van der Waals surface area contributed by atoms with Gasteiger partial charge in [-0.15, -0.1) is 0 Å². The first kappa shape index (κ1) is 13.4. The fourth-order valence-corrected chi connectivity index (χ4v) is 2.34. The number of amides is 1. The highest BCUT2D eigenvalue weighted by molar-refractivity contribution is 5.91. The van der Waals surface area contributed by atoms with Gasteiger partial charge in [0.15, 0.2) is 0 Å². The van der Waals surface area contributed by atoms with Crippen LogP contribution in [0.3, 0.4) is 0 Å². The monoisotopic (exact) mass is 254 g/mol. The zero-order valence-corrected chi connectivity index (χ0v) is 10.9. The van der Waals surface area contributed by atoms with Crippen LogP contribution in [0.1, 0.15) is 43.2 Å². The Bertz CT molecular complexity index is 490. The molecule has 1 saturated carbocycles. The fraction of sp³-hybridized carbons (Fsp3) is 0.375. The minimum atomic E-state index is -0.0312. The van der Waals surface area contributed by atoms with Crippen molar-refractivity contribution in [3.05, 3.63) is 41.5 Å². The van der Waals surface area contributed by atoms with Crippen LogP contribution in [0.5, 0.6) is 0 Å². The Morgan fingerprint density at radius 3 is 2.53 bits per heavy atom. The number of rotatable bonds is 3. The second kappa shape index (κ2) is 6.75. The van der Waals surface area contributed by atoms with Crippen molar-refractivity contribution in [3.63, 3.8) is 0 Å². The second-order valence-electron chi connectivity index (χ2n) is 4.91. The van der Waals surface area contributed by atoms with Crippen LogP contribution in [0.4, 0.5) is 0 Å². The first-order chi connectivity index (χ1) is 9.28. The first-order valence-corrected chi connectivity index (χ1v) is 6.76. The van der Waals surface area contributed by atoms with E-state index < -0.39 is 0 Å². The molecule has 1 fully saturated rings. The van der Waals surface area contributed by atoms with Crippen LogP contribution in [0.2, 0.25) is 0 Å². The van der Waals surface area contributed by atoms with Crippen molar-refractivity contribution in [1.29, 1.82) is 5.26 Å². The van der Waals surface area contributed by atoms with E-state index in [1.54, 1.807) is 24.3 Å². The molecule has 2 rings (SSSR count). The summed E-state index contributed by atoms with van der Waals surface area (Å²) in [6.45, 7) is 0. The zero-order chi connectivity index (χ0) is 13.5. The molecular formula is C16H18N2O. The molecule has 1 aromatic carbocycles. The quantitative estimate of drug-likeness (QED) is 0.843. The average Bonchev–Trinajstić information content (AvgIpc) is 2.47. The predicted molar refractivity (Wildman–Crippen MR) is 75.2 cm³/mol. The number of hydrogen-bond donors (Lipinski definition) is 1. The maximum absolute atomic E-state index is 11.8. The van der Waals surface area contributed by atoms with Gasteiger partial charge in [0.25, 0.3) is 0 Å². The van der Waals surface area contributed by atoms with Crippen LogP contribution in [-0.2, 0) is 4.79 Å². The third kappa shape index (κ3) is 4.26. The molecule has 1 N–H and O–H groups in total. The zero-order valence-electron chi connectivity index (χ0n) is 10.9. The van der Waals surface area contributed by atoms with E-state index in [9.17, 15) is 4.79 Å². The lowest BCUT2D eigenvalue weighted by atomic mass is 9.95. The lowest BCUT2D eigenvalue weighted by Crippen LogP contribution is -2.34. The Morgan fingerprint density at radius 2 is 1.89 bits per heavy atom. The number of nitrogens with zero attached hydrogens (tertiary/aromatic N) is 1. The number of carbonyl (C=O) groups excluding carboxylic acids is 1. The SMILES string of the molecule is N#Cc1ccc(/C=C/C(=O)NC2CCCCC2)cc1. The van der Waals surface area contributed by atoms with Crippen molar-refractivity contribution in [2.75, 3.05) is 0 Å². The molecule has 0 saturated heterocycles. The number of hydrogen-bond acceptors (Lipinski definition) is 2. The van der Waals surface area contributed by atoms with Gasteiger partial charge in [-0.05, 0) is 36.6 Å². The van der Waals surface area contributed by atoms with Crippen LogP contribution in [0.25, 0.3) is 6.08 Å². The fourth-order valence-electron chi connectivity index (χ4n) is 2.34. The van der Waals surface area contributed by atoms with Gasteiger partial charge < -0.3 is 5.32 Å². The smallest absolute Gasteiger partial charge is 0.244 e. The van der Waals surface area contributed by atoms with Crippen LogP contribution in [-0.4, -0.2) is 11.9 Å². The van der Waals surface area contributed by atoms with Crippen molar-refractivity contribution < 1.29 is 4.79 Å². The predicted octanol–water partition coefficient (Wildman–Crippen LogP) is 3.02. The standard InChI is InChI=1S/C16H18N2O/c17-12-14-8-6-13(7-9-14)10-11-16(19)18-15-4-2-1-3-5-15/h6-11,15H,1-5H2,(H,18,19)/b11-10+. The summed E-state index contributed by atoms with van der Waals surface area (Å²) >= 11 is 0. The summed E-state index contributed by atoms with van der Waals surface area (Å²) in [7, 11) is 0. The molecule has 1 aliphatic carbocycles. The average molecular weight is 254 g/mol. The summed E-state index contributed by atoms with van der Waals surface area (Å²) in [5, 5.41) is 11.7. The van der Waals surface area contributed by atoms with E-state index in [0.717, 1.165) is 18.4 Å². The Morgan fingerprint density at radius 1 is 1.21 bits per heavy atom. The molecule has 19 heavy (non-hydrogen) atoms. The molecule has 3 heteroatoms. The van der Waals surface area contributed by atoms with Gasteiger partial charge in [0.05, 0.1) is 11.6 Å². The summed E-state index contributed by atoms with van der Waals surface area (Å²) in [6, 6.07) is 9.58. The highest BCUT2D eigenvalue weighted by atomic mass is 16.1. The highest BCUT2D eigenvalue weighted by Gasteiger charge is 2.13. The Balaban J connectivity index is 1.86. The first-order valence-electron chi connectivity index (χ1n) is 6.76. The second-order valence-corrected chi connectivity index (χ2v) is 4.91. The topological polar surface area (TPSA) is 52.9 Å². The van der Waals surface area contributed by atoms with Gasteiger partial charge in [-0.2, -0.15) is 5.26 Å². The Hall–Kier alpha value is -2.08. The van der Waals surface area contributed by atoms with Crippen LogP contribution in [0, 0.1) is 11.3 Å². The molecule has 3 nitrogen and oxygen atoms in total. The largest absolute Gasteiger partial charge is 0.350 e. The van der Waals surface area contributed by atoms with Gasteiger partial charge in [-0.25, -0.2) is 0 Å². The summed E-state index contributed by atoms with van der Waals surface area (Å²) in [6.07, 6.45) is 9.24. The lowest BCUT2D eigenvalue weighted by molar-refractivity contribution is -0.117. The van der Waals surface area contributed by atoms with E-state index >= 15 is 0 Å². The van der Waals surface area contributed by atoms with Gasteiger partial charge in [-0.3, -0.25) is 4.79 Å². The van der Waals surface area contributed by atoms with Crippen LogP contribution >= 0.6 is 0 Å². The summed E-state index contributed by atoms with van der Waals surface area (Å²) in [4.78, 5) is 11.8. The molecule has 1 aromatic rings. The third-order valence-electron chi connectivity index (χ3n) is 3.42. The van der Waals surface area contributed by atoms with Crippen molar-refractivity contribution in [2.45, 2.75) is 38.1 Å². The van der Waals surface area contributed by atoms with E-state index in [1.165, 1.54) is 19.3 Å². The van der Waals surface area contributed by atoms with Crippen molar-refractivity contribution in [1.82, 2.24) is 5.32 Å². The maximum Gasteiger partial charge on any atom is 0.244 e. The molecule has 0 heterocycles. The van der Waals surface area contributed by atoms with Crippen LogP contribution < -0.4 is 5.32 Å². The summed E-state index contributed by atoms with van der Waals surface area (Å²) < 4.78 is 0. The molecule has 0 bridgehead atoms. The minimum absolute atomic E-state index is 0.0312. The molecule has 1 amide bonds. The summed E-state index contributed by atoms with van der Waals surface area (Å²) in [5.41, 5.74) is 1.56. The molecule has 98 valence electrons. The molecule has 0 atom stereocenters. The molecule has 0 aromatic heterocycles. The van der Waals surface area contributed by atoms with E-state index in [0.29, 0.717) is 11.6 Å². The molecule has 0 spiro atoms. The van der Waals surface area contributed by atoms with Gasteiger partial charge in [0, 0.05) is 12.1 Å². The lowest BCUT2D eigenvalue weighted by Gasteiger charge is -2.21. The van der Waals surface area contributed by atoms with E-state index in [-0.39, 0.29) is 5.91 Å². The minimum Gasteiger partial charge on any atom is -0.350 e. The van der Waals surface area contributed by atoms with Gasteiger partial charge in [-0.1, -0.05) is 31.4 Å². The number of benzene rings is 1. The number of nitriles is 1. The third-order valence-corrected chi connectivity index (χ3v) is 3.42. The van der Waals surface area contributed by atoms with Crippen molar-refractivity contribution in [3.8, 4) is 6.07 Å². The van der Waals surface area contributed by atoms with Crippen LogP contribution in [0.15, 0.2) is 30.3 Å². The molecule has 0 aliphatic heterocycles. The highest BCUT2D eigenvalue weighted by Crippen LogP contribution is 2.17. The molecule has 0 unspecified atom stereocenters. The van der Waals surface area contributed by atoms with Gasteiger partial charge in [0.1, 0.15) is 0 Å². The van der Waals surface area contributed by atoms with Gasteiger partial charge >= 0.3 is 0 Å². The van der Waals surface area contributed by atoms with Crippen molar-refractivity contribution in [2.24, 2.45) is 0 Å². The number of carbonyl (C=O) groups is 1. The van der Waals surface area contributed by atoms with Gasteiger partial charge in [0.2, 0.25) is 5.91 Å². The molecule has 1 aliphatic rings. The summed E-state index contributed by atoms with van der Waals surface area (Å²) in [5.74, 6) is -0.0312. The van der Waals surface area contributed by atoms with Crippen molar-refractivity contribution >= 4 is 12.0 Å². The van der Waals surface area contributed by atoms with E-state index in [1.807, 2.05) is 12.1 Å². The normalized spacial score (nSPS) is 16.2. The maximum atomic E-state index is 11.8. The Kier molecular flexibility index (Phi) is 4.74. The van der Waals surface area contributed by atoms with E-state index in [2.05, 4.69) is 11.4 Å². The Labute approximate surface area is 113 Å².